The SMILES string of the molecule is CC(C)Oc1cc(OC(=O)ON2CCCCC2C(C)(C)C)c(C2CC2)cc1N. The fourth-order valence-corrected chi connectivity index (χ4v) is 3.84. The predicted octanol–water partition coefficient (Wildman–Crippen LogP) is 5.26. The summed E-state index contributed by atoms with van der Waals surface area (Å²) < 4.78 is 11.4. The third-order valence-electron chi connectivity index (χ3n) is 5.36. The molecule has 2 fully saturated rings. The highest BCUT2D eigenvalue weighted by Gasteiger charge is 2.36. The van der Waals surface area contributed by atoms with E-state index in [1.54, 1.807) is 11.1 Å². The van der Waals surface area contributed by atoms with E-state index >= 15 is 0 Å². The van der Waals surface area contributed by atoms with Gasteiger partial charge in [-0.2, -0.15) is 0 Å². The number of rotatable bonds is 5. The van der Waals surface area contributed by atoms with Crippen molar-refractivity contribution in [1.82, 2.24) is 5.06 Å². The summed E-state index contributed by atoms with van der Waals surface area (Å²) in [6.45, 7) is 11.1. The van der Waals surface area contributed by atoms with Crippen LogP contribution in [0.5, 0.6) is 11.5 Å². The van der Waals surface area contributed by atoms with Gasteiger partial charge in [-0.1, -0.05) is 27.2 Å². The monoisotopic (exact) mass is 390 g/mol. The number of benzene rings is 1. The van der Waals surface area contributed by atoms with E-state index in [0.29, 0.717) is 23.1 Å². The fourth-order valence-electron chi connectivity index (χ4n) is 3.84. The Morgan fingerprint density at radius 3 is 2.46 bits per heavy atom. The number of carbonyl (C=O) groups is 1. The van der Waals surface area contributed by atoms with Gasteiger partial charge in [0.05, 0.1) is 17.8 Å². The highest BCUT2D eigenvalue weighted by atomic mass is 16.8. The second kappa shape index (κ2) is 8.19. The molecule has 6 heteroatoms. The third kappa shape index (κ3) is 5.10. The number of hydrogen-bond donors (Lipinski definition) is 1. The lowest BCUT2D eigenvalue weighted by Gasteiger charge is -2.41. The maximum atomic E-state index is 12.6. The number of ether oxygens (including phenoxy) is 2. The van der Waals surface area contributed by atoms with Crippen molar-refractivity contribution in [3.63, 3.8) is 0 Å². The molecule has 1 aliphatic heterocycles. The van der Waals surface area contributed by atoms with E-state index in [-0.39, 0.29) is 17.6 Å². The smallest absolute Gasteiger partial charge is 0.489 e. The zero-order valence-corrected chi connectivity index (χ0v) is 17.8. The Balaban J connectivity index is 1.75. The number of carbonyl (C=O) groups excluding carboxylic acids is 1. The molecule has 0 radical (unpaired) electrons. The molecule has 156 valence electrons. The molecule has 1 aromatic rings. The lowest BCUT2D eigenvalue weighted by atomic mass is 9.82. The van der Waals surface area contributed by atoms with Crippen LogP contribution in [0.3, 0.4) is 0 Å². The van der Waals surface area contributed by atoms with E-state index in [0.717, 1.165) is 44.2 Å². The van der Waals surface area contributed by atoms with Gasteiger partial charge >= 0.3 is 6.16 Å². The summed E-state index contributed by atoms with van der Waals surface area (Å²) in [5, 5.41) is 1.80. The molecule has 1 atom stereocenters. The summed E-state index contributed by atoms with van der Waals surface area (Å²) >= 11 is 0. The lowest BCUT2D eigenvalue weighted by Crippen LogP contribution is -2.48. The predicted molar refractivity (Wildman–Crippen MR) is 110 cm³/mol. The Labute approximate surface area is 168 Å². The van der Waals surface area contributed by atoms with Crippen LogP contribution in [0.25, 0.3) is 0 Å². The molecule has 1 aromatic carbocycles. The maximum Gasteiger partial charge on any atom is 0.533 e. The molecular formula is C22H34N2O4. The van der Waals surface area contributed by atoms with Crippen molar-refractivity contribution in [2.75, 3.05) is 12.3 Å². The number of hydroxylamine groups is 2. The van der Waals surface area contributed by atoms with Gasteiger partial charge in [0.1, 0.15) is 11.5 Å². The summed E-state index contributed by atoms with van der Waals surface area (Å²) in [5.41, 5.74) is 7.70. The highest BCUT2D eigenvalue weighted by Crippen LogP contribution is 2.47. The summed E-state index contributed by atoms with van der Waals surface area (Å²) in [7, 11) is 0. The van der Waals surface area contributed by atoms with Gasteiger partial charge in [-0.3, -0.25) is 0 Å². The quantitative estimate of drug-likeness (QED) is 0.420. The summed E-state index contributed by atoms with van der Waals surface area (Å²) in [5.74, 6) is 1.41. The van der Waals surface area contributed by atoms with E-state index in [1.807, 2.05) is 19.9 Å². The van der Waals surface area contributed by atoms with Gasteiger partial charge < -0.3 is 20.0 Å². The molecule has 6 nitrogen and oxygen atoms in total. The highest BCUT2D eigenvalue weighted by molar-refractivity contribution is 5.68. The van der Waals surface area contributed by atoms with Crippen molar-refractivity contribution in [2.24, 2.45) is 5.41 Å². The van der Waals surface area contributed by atoms with Crippen LogP contribution in [-0.2, 0) is 4.84 Å². The standard InChI is InChI=1S/C22H34N2O4/c1-14(2)26-19-13-18(16(12-17(19)23)15-9-10-15)27-21(25)28-24-11-7-6-8-20(24)22(3,4)5/h12-15,20H,6-11,23H2,1-5H3. The molecule has 0 amide bonds. The van der Waals surface area contributed by atoms with Gasteiger partial charge in [-0.05, 0) is 56.9 Å². The van der Waals surface area contributed by atoms with Crippen LogP contribution in [0.4, 0.5) is 10.5 Å². The molecule has 3 rings (SSSR count). The van der Waals surface area contributed by atoms with Crippen LogP contribution in [-0.4, -0.2) is 29.9 Å². The Morgan fingerprint density at radius 2 is 1.86 bits per heavy atom. The molecule has 1 unspecified atom stereocenters. The van der Waals surface area contributed by atoms with E-state index in [4.69, 9.17) is 20.0 Å². The molecule has 0 aromatic heterocycles. The molecule has 0 spiro atoms. The van der Waals surface area contributed by atoms with Crippen LogP contribution in [0.1, 0.15) is 78.2 Å². The Bertz CT molecular complexity index is 707. The van der Waals surface area contributed by atoms with Crippen molar-refractivity contribution in [3.05, 3.63) is 17.7 Å². The van der Waals surface area contributed by atoms with E-state index in [1.165, 1.54) is 0 Å². The second-order valence-corrected chi connectivity index (χ2v) is 9.33. The van der Waals surface area contributed by atoms with Crippen molar-refractivity contribution < 1.29 is 19.1 Å². The molecule has 1 heterocycles. The first-order valence-corrected chi connectivity index (χ1v) is 10.4. The molecule has 0 bridgehead atoms. The van der Waals surface area contributed by atoms with Crippen molar-refractivity contribution in [2.45, 2.75) is 84.8 Å². The summed E-state index contributed by atoms with van der Waals surface area (Å²) in [6.07, 6.45) is 4.62. The Kier molecular flexibility index (Phi) is 6.08. The zero-order chi connectivity index (χ0) is 20.5. The Morgan fingerprint density at radius 1 is 1.14 bits per heavy atom. The molecule has 2 N–H and O–H groups in total. The van der Waals surface area contributed by atoms with Crippen molar-refractivity contribution in [3.8, 4) is 11.5 Å². The van der Waals surface area contributed by atoms with E-state index < -0.39 is 6.16 Å². The first-order chi connectivity index (χ1) is 13.1. The van der Waals surface area contributed by atoms with Crippen LogP contribution >= 0.6 is 0 Å². The van der Waals surface area contributed by atoms with Gasteiger partial charge in [0, 0.05) is 18.2 Å². The second-order valence-electron chi connectivity index (χ2n) is 9.33. The van der Waals surface area contributed by atoms with Gasteiger partial charge in [-0.15, -0.1) is 5.06 Å². The number of hydrogen-bond acceptors (Lipinski definition) is 6. The Hall–Kier alpha value is -1.95. The third-order valence-corrected chi connectivity index (χ3v) is 5.36. The van der Waals surface area contributed by atoms with Crippen molar-refractivity contribution in [1.29, 1.82) is 0 Å². The first kappa shape index (κ1) is 20.8. The minimum atomic E-state index is -0.696. The van der Waals surface area contributed by atoms with Crippen LogP contribution < -0.4 is 15.2 Å². The van der Waals surface area contributed by atoms with Crippen LogP contribution in [0, 0.1) is 5.41 Å². The average Bonchev–Trinajstić information content (AvgIpc) is 3.41. The molecule has 1 saturated carbocycles. The molecule has 2 aliphatic rings. The van der Waals surface area contributed by atoms with Gasteiger partial charge in [0.25, 0.3) is 0 Å². The van der Waals surface area contributed by atoms with Gasteiger partial charge in [0.2, 0.25) is 0 Å². The van der Waals surface area contributed by atoms with Crippen molar-refractivity contribution >= 4 is 11.8 Å². The van der Waals surface area contributed by atoms with E-state index in [9.17, 15) is 4.79 Å². The molecular weight excluding hydrogens is 356 g/mol. The number of nitrogens with zero attached hydrogens (tertiary/aromatic N) is 1. The number of nitrogen functional groups attached to an aromatic ring is 1. The van der Waals surface area contributed by atoms with Gasteiger partial charge in [-0.25, -0.2) is 4.79 Å². The van der Waals surface area contributed by atoms with Crippen LogP contribution in [0.15, 0.2) is 12.1 Å². The van der Waals surface area contributed by atoms with E-state index in [2.05, 4.69) is 20.8 Å². The maximum absolute atomic E-state index is 12.6. The number of nitrogens with two attached hydrogens (primary N) is 1. The number of anilines is 1. The fraction of sp³-hybridized carbons (Fsp3) is 0.682. The summed E-state index contributed by atoms with van der Waals surface area (Å²) in [6, 6.07) is 3.78. The summed E-state index contributed by atoms with van der Waals surface area (Å²) in [4.78, 5) is 18.2. The number of piperidine rings is 1. The minimum Gasteiger partial charge on any atom is -0.489 e. The lowest BCUT2D eigenvalue weighted by molar-refractivity contribution is -0.180. The topological polar surface area (TPSA) is 74.0 Å². The first-order valence-electron chi connectivity index (χ1n) is 10.4. The van der Waals surface area contributed by atoms with Crippen LogP contribution in [0.2, 0.25) is 0 Å². The normalized spacial score (nSPS) is 20.9. The largest absolute Gasteiger partial charge is 0.533 e. The molecule has 28 heavy (non-hydrogen) atoms. The molecule has 1 saturated heterocycles. The molecule has 1 aliphatic carbocycles. The zero-order valence-electron chi connectivity index (χ0n) is 17.8. The van der Waals surface area contributed by atoms with Gasteiger partial charge in [0.15, 0.2) is 0 Å². The minimum absolute atomic E-state index is 0.0187. The average molecular weight is 391 g/mol.